The van der Waals surface area contributed by atoms with E-state index in [-0.39, 0.29) is 5.57 Å². The van der Waals surface area contributed by atoms with Gasteiger partial charge in [-0.25, -0.2) is 9.69 Å². The number of anilines is 1. The summed E-state index contributed by atoms with van der Waals surface area (Å²) in [5.74, 6) is -0.849. The Bertz CT molecular complexity index is 1160. The van der Waals surface area contributed by atoms with Gasteiger partial charge in [-0.1, -0.05) is 15.9 Å². The van der Waals surface area contributed by atoms with Gasteiger partial charge in [0.15, 0.2) is 0 Å². The average molecular weight is 466 g/mol. The van der Waals surface area contributed by atoms with Crippen LogP contribution in [0.3, 0.4) is 0 Å². The summed E-state index contributed by atoms with van der Waals surface area (Å²) in [4.78, 5) is 38.8. The van der Waals surface area contributed by atoms with E-state index < -0.39 is 17.8 Å². The Morgan fingerprint density at radius 2 is 1.60 bits per heavy atom. The first kappa shape index (κ1) is 19.7. The molecule has 0 atom stereocenters. The summed E-state index contributed by atoms with van der Waals surface area (Å²) < 4.78 is 7.89. The number of aromatic nitrogens is 1. The van der Waals surface area contributed by atoms with Gasteiger partial charge in [-0.05, 0) is 66.7 Å². The Morgan fingerprint density at radius 3 is 2.27 bits per heavy atom. The van der Waals surface area contributed by atoms with Gasteiger partial charge in [-0.2, -0.15) is 0 Å². The first-order chi connectivity index (χ1) is 14.5. The summed E-state index contributed by atoms with van der Waals surface area (Å²) >= 11 is 3.40. The fraction of sp³-hybridized carbons (Fsp3) is 0.0455. The Balaban J connectivity index is 1.71. The van der Waals surface area contributed by atoms with Gasteiger partial charge < -0.3 is 9.30 Å². The number of hydrogen-bond donors (Lipinski definition) is 1. The molecule has 0 bridgehead atoms. The molecule has 4 amide bonds. The minimum absolute atomic E-state index is 0.137. The molecule has 30 heavy (non-hydrogen) atoms. The van der Waals surface area contributed by atoms with Crippen molar-refractivity contribution >= 4 is 45.5 Å². The van der Waals surface area contributed by atoms with Crippen LogP contribution in [-0.4, -0.2) is 29.5 Å². The van der Waals surface area contributed by atoms with E-state index in [2.05, 4.69) is 21.2 Å². The first-order valence-corrected chi connectivity index (χ1v) is 9.76. The van der Waals surface area contributed by atoms with E-state index in [0.717, 1.165) is 15.1 Å². The second-order valence-electron chi connectivity index (χ2n) is 6.44. The van der Waals surface area contributed by atoms with Gasteiger partial charge >= 0.3 is 6.03 Å². The van der Waals surface area contributed by atoms with Crippen LogP contribution in [0.1, 0.15) is 5.69 Å². The van der Waals surface area contributed by atoms with Crippen molar-refractivity contribution in [1.82, 2.24) is 9.88 Å². The summed E-state index contributed by atoms with van der Waals surface area (Å²) in [6, 6.07) is 16.8. The summed E-state index contributed by atoms with van der Waals surface area (Å²) in [5.41, 5.74) is 1.68. The number of ether oxygens (including phenoxy) is 1. The quantitative estimate of drug-likeness (QED) is 0.467. The van der Waals surface area contributed by atoms with Crippen LogP contribution in [0, 0.1) is 0 Å². The predicted molar refractivity (Wildman–Crippen MR) is 115 cm³/mol. The van der Waals surface area contributed by atoms with Crippen LogP contribution in [0.25, 0.3) is 11.8 Å². The first-order valence-electron chi connectivity index (χ1n) is 8.97. The van der Waals surface area contributed by atoms with E-state index in [1.807, 2.05) is 41.1 Å². The monoisotopic (exact) mass is 465 g/mol. The van der Waals surface area contributed by atoms with Crippen LogP contribution < -0.4 is 15.0 Å². The van der Waals surface area contributed by atoms with Crippen molar-refractivity contribution in [2.24, 2.45) is 0 Å². The smallest absolute Gasteiger partial charge is 0.335 e. The molecule has 2 heterocycles. The van der Waals surface area contributed by atoms with Crippen molar-refractivity contribution in [2.75, 3.05) is 12.0 Å². The van der Waals surface area contributed by atoms with Crippen LogP contribution in [0.2, 0.25) is 0 Å². The number of urea groups is 1. The van der Waals surface area contributed by atoms with Crippen molar-refractivity contribution in [3.63, 3.8) is 0 Å². The molecule has 8 heteroatoms. The highest BCUT2D eigenvalue weighted by molar-refractivity contribution is 9.10. The van der Waals surface area contributed by atoms with Gasteiger partial charge in [0.1, 0.15) is 11.3 Å². The van der Waals surface area contributed by atoms with E-state index in [9.17, 15) is 14.4 Å². The fourth-order valence-corrected chi connectivity index (χ4v) is 3.38. The lowest BCUT2D eigenvalue weighted by Crippen LogP contribution is -2.54. The SMILES string of the molecule is COc1ccc(N2C(=O)NC(=O)C(=Cc3cccn3-c3ccc(Br)cc3)C2=O)cc1. The number of rotatable bonds is 4. The topological polar surface area (TPSA) is 80.6 Å². The summed E-state index contributed by atoms with van der Waals surface area (Å²) in [7, 11) is 1.52. The molecule has 1 aliphatic heterocycles. The van der Waals surface area contributed by atoms with Gasteiger partial charge in [-0.3, -0.25) is 14.9 Å². The molecule has 1 saturated heterocycles. The van der Waals surface area contributed by atoms with E-state index in [0.29, 0.717) is 17.1 Å². The van der Waals surface area contributed by atoms with Gasteiger partial charge in [0, 0.05) is 22.1 Å². The zero-order valence-corrected chi connectivity index (χ0v) is 17.4. The Morgan fingerprint density at radius 1 is 0.933 bits per heavy atom. The number of carbonyl (C=O) groups is 3. The molecule has 0 radical (unpaired) electrons. The van der Waals surface area contributed by atoms with Gasteiger partial charge in [0.05, 0.1) is 12.8 Å². The minimum atomic E-state index is -0.796. The Hall–Kier alpha value is -3.65. The third-order valence-corrected chi connectivity index (χ3v) is 5.14. The van der Waals surface area contributed by atoms with Gasteiger partial charge in [0.25, 0.3) is 11.8 Å². The van der Waals surface area contributed by atoms with Crippen molar-refractivity contribution in [2.45, 2.75) is 0 Å². The van der Waals surface area contributed by atoms with Crippen LogP contribution in [0.4, 0.5) is 10.5 Å². The number of barbiturate groups is 1. The van der Waals surface area contributed by atoms with Crippen LogP contribution in [0.5, 0.6) is 5.75 Å². The van der Waals surface area contributed by atoms with Crippen LogP contribution >= 0.6 is 15.9 Å². The van der Waals surface area contributed by atoms with Crippen LogP contribution in [-0.2, 0) is 9.59 Å². The maximum Gasteiger partial charge on any atom is 0.335 e. The van der Waals surface area contributed by atoms with E-state index >= 15 is 0 Å². The van der Waals surface area contributed by atoms with Crippen molar-refractivity contribution < 1.29 is 19.1 Å². The molecule has 0 saturated carbocycles. The largest absolute Gasteiger partial charge is 0.497 e. The van der Waals surface area contributed by atoms with E-state index in [1.165, 1.54) is 13.2 Å². The molecular formula is C22H16BrN3O4. The zero-order valence-electron chi connectivity index (χ0n) is 15.8. The van der Waals surface area contributed by atoms with Gasteiger partial charge in [-0.15, -0.1) is 0 Å². The highest BCUT2D eigenvalue weighted by Crippen LogP contribution is 2.25. The molecule has 7 nitrogen and oxygen atoms in total. The number of imide groups is 2. The molecule has 1 N–H and O–H groups in total. The molecule has 4 rings (SSSR count). The number of methoxy groups -OCH3 is 1. The number of amides is 4. The van der Waals surface area contributed by atoms with Crippen molar-refractivity contribution in [3.05, 3.63) is 82.6 Å². The van der Waals surface area contributed by atoms with E-state index in [1.54, 1.807) is 30.3 Å². The summed E-state index contributed by atoms with van der Waals surface area (Å²) in [6.45, 7) is 0. The number of carbonyl (C=O) groups excluding carboxylic acids is 3. The lowest BCUT2D eigenvalue weighted by molar-refractivity contribution is -0.122. The molecule has 0 aliphatic carbocycles. The number of hydrogen-bond acceptors (Lipinski definition) is 4. The molecule has 1 aliphatic rings. The number of benzene rings is 2. The predicted octanol–water partition coefficient (Wildman–Crippen LogP) is 3.91. The maximum atomic E-state index is 13.0. The van der Waals surface area contributed by atoms with Crippen LogP contribution in [0.15, 0.2) is 76.9 Å². The second kappa shape index (κ2) is 8.00. The number of halogens is 1. The lowest BCUT2D eigenvalue weighted by Gasteiger charge is -2.26. The highest BCUT2D eigenvalue weighted by atomic mass is 79.9. The fourth-order valence-electron chi connectivity index (χ4n) is 3.12. The molecule has 0 spiro atoms. The van der Waals surface area contributed by atoms with Crippen molar-refractivity contribution in [3.8, 4) is 11.4 Å². The maximum absolute atomic E-state index is 13.0. The third-order valence-electron chi connectivity index (χ3n) is 4.61. The lowest BCUT2D eigenvalue weighted by atomic mass is 10.1. The molecule has 1 fully saturated rings. The minimum Gasteiger partial charge on any atom is -0.497 e. The molecule has 0 unspecified atom stereocenters. The molecule has 3 aromatic rings. The number of nitrogens with one attached hydrogen (secondary N) is 1. The zero-order chi connectivity index (χ0) is 21.3. The molecular weight excluding hydrogens is 450 g/mol. The van der Waals surface area contributed by atoms with Crippen molar-refractivity contribution in [1.29, 1.82) is 0 Å². The highest BCUT2D eigenvalue weighted by Gasteiger charge is 2.37. The van der Waals surface area contributed by atoms with E-state index in [4.69, 9.17) is 4.74 Å². The standard InChI is InChI=1S/C22H16BrN3O4/c1-30-18-10-8-16(9-11-18)26-21(28)19(20(27)24-22(26)29)13-17-3-2-12-25(17)15-6-4-14(23)5-7-15/h2-13H,1H3,(H,24,27,29). The Kier molecular flexibility index (Phi) is 5.24. The van der Waals surface area contributed by atoms with Gasteiger partial charge in [0.2, 0.25) is 0 Å². The summed E-state index contributed by atoms with van der Waals surface area (Å²) in [5, 5.41) is 2.23. The molecule has 2 aromatic carbocycles. The molecule has 150 valence electrons. The third kappa shape index (κ3) is 3.65. The second-order valence-corrected chi connectivity index (χ2v) is 7.35. The molecule has 1 aromatic heterocycles. The Labute approximate surface area is 180 Å². The average Bonchev–Trinajstić information content (AvgIpc) is 3.20. The summed E-state index contributed by atoms with van der Waals surface area (Å²) in [6.07, 6.45) is 3.30. The number of nitrogens with zero attached hydrogens (tertiary/aromatic N) is 2. The normalized spacial score (nSPS) is 15.5.